The van der Waals surface area contributed by atoms with Crippen LogP contribution < -0.4 is 15.1 Å². The lowest BCUT2D eigenvalue weighted by atomic mass is 9.63. The molecule has 0 radical (unpaired) electrons. The van der Waals surface area contributed by atoms with E-state index in [0.29, 0.717) is 0 Å². The number of hydrogen-bond acceptors (Lipinski definition) is 2. The largest absolute Gasteiger partial charge is 0.442 e. The number of hydrogen-bond donors (Lipinski definition) is 0. The first-order valence-corrected chi connectivity index (χ1v) is 10.5. The second kappa shape index (κ2) is 6.19. The van der Waals surface area contributed by atoms with E-state index >= 15 is 0 Å². The Labute approximate surface area is 180 Å². The van der Waals surface area contributed by atoms with Crippen molar-refractivity contribution in [2.24, 2.45) is 0 Å². The van der Waals surface area contributed by atoms with Crippen molar-refractivity contribution < 1.29 is 4.74 Å². The highest BCUT2D eigenvalue weighted by Gasteiger charge is 2.42. The molecule has 0 spiro atoms. The van der Waals surface area contributed by atoms with Crippen LogP contribution in [-0.4, -0.2) is 15.9 Å². The monoisotopic (exact) mass is 399 g/mol. The third-order valence-corrected chi connectivity index (χ3v) is 6.21. The minimum atomic E-state index is 0.0264. The maximum Gasteiger partial charge on any atom is 0.429 e. The molecule has 5 aromatic rings. The van der Waals surface area contributed by atoms with Crippen LogP contribution in [0, 0.1) is 0 Å². The summed E-state index contributed by atoms with van der Waals surface area (Å²) in [6.07, 6.45) is 4.25. The fourth-order valence-electron chi connectivity index (χ4n) is 4.88. The van der Waals surface area contributed by atoms with Gasteiger partial charge in [0.05, 0.1) is 5.69 Å². The first-order chi connectivity index (χ1) is 15.4. The Hall–Kier alpha value is -4.12. The summed E-state index contributed by atoms with van der Waals surface area (Å²) < 4.78 is 11.0. The Kier molecular flexibility index (Phi) is 3.33. The van der Waals surface area contributed by atoms with Gasteiger partial charge < -0.3 is 13.7 Å². The smallest absolute Gasteiger partial charge is 0.429 e. The molecule has 31 heavy (non-hydrogen) atoms. The molecule has 0 saturated heterocycles. The number of ether oxygens (including phenoxy) is 1. The van der Waals surface area contributed by atoms with Crippen LogP contribution in [0.2, 0.25) is 0 Å². The van der Waals surface area contributed by atoms with Gasteiger partial charge in [0.1, 0.15) is 11.6 Å². The summed E-state index contributed by atoms with van der Waals surface area (Å²) in [6.45, 7) is 0.0264. The lowest BCUT2D eigenvalue weighted by molar-refractivity contribution is 0.454. The number of anilines is 3. The Morgan fingerprint density at radius 2 is 1.39 bits per heavy atom. The molecular formula is C26H18BN3O. The van der Waals surface area contributed by atoms with Crippen molar-refractivity contribution in [3.8, 4) is 22.8 Å². The SMILES string of the molecule is c1ccc(-c2cc3c4c(c2)N(c2ccccc2)c2cccn2B4n2cccc2O3)cc1. The van der Waals surface area contributed by atoms with Gasteiger partial charge in [-0.05, 0) is 72.1 Å². The fourth-order valence-corrected chi connectivity index (χ4v) is 4.88. The van der Waals surface area contributed by atoms with Gasteiger partial charge in [-0.1, -0.05) is 48.5 Å². The molecule has 0 amide bonds. The topological polar surface area (TPSA) is 22.3 Å². The number of benzene rings is 3. The van der Waals surface area contributed by atoms with Gasteiger partial charge in [0.25, 0.3) is 0 Å². The van der Waals surface area contributed by atoms with Crippen molar-refractivity contribution in [2.45, 2.75) is 0 Å². The van der Waals surface area contributed by atoms with Crippen LogP contribution in [0.25, 0.3) is 11.1 Å². The third-order valence-electron chi connectivity index (χ3n) is 6.21. The summed E-state index contributed by atoms with van der Waals surface area (Å²) in [7, 11) is 0. The first-order valence-electron chi connectivity index (χ1n) is 10.5. The second-order valence-corrected chi connectivity index (χ2v) is 7.95. The highest BCUT2D eigenvalue weighted by atomic mass is 16.5. The third kappa shape index (κ3) is 2.31. The fraction of sp³-hybridized carbons (Fsp3) is 0. The zero-order valence-electron chi connectivity index (χ0n) is 16.7. The van der Waals surface area contributed by atoms with Crippen molar-refractivity contribution in [3.63, 3.8) is 0 Å². The van der Waals surface area contributed by atoms with E-state index in [1.807, 2.05) is 12.1 Å². The molecule has 0 fully saturated rings. The standard InChI is InChI=1S/C26H18BN3O/c1-3-9-19(10-4-1)20-17-22-26-23(18-20)31-25-14-8-16-29(25)27(26)28-15-7-13-24(28)30(22)21-11-5-2-6-12-21/h1-18H. The average Bonchev–Trinajstić information content (AvgIpc) is 3.49. The van der Waals surface area contributed by atoms with E-state index in [4.69, 9.17) is 4.74 Å². The van der Waals surface area contributed by atoms with E-state index in [2.05, 4.69) is 111 Å². The number of fused-ring (bicyclic) bond motifs is 4. The van der Waals surface area contributed by atoms with E-state index in [0.717, 1.165) is 34.4 Å². The molecular weight excluding hydrogens is 381 g/mol. The van der Waals surface area contributed by atoms with Gasteiger partial charge in [-0.25, -0.2) is 0 Å². The number of nitrogens with zero attached hydrogens (tertiary/aromatic N) is 3. The first kappa shape index (κ1) is 16.7. The molecule has 4 nitrogen and oxygen atoms in total. The molecule has 2 aliphatic rings. The predicted octanol–water partition coefficient (Wildman–Crippen LogP) is 5.64. The highest BCUT2D eigenvalue weighted by molar-refractivity contribution is 6.74. The molecule has 2 aromatic heterocycles. The maximum atomic E-state index is 6.43. The molecule has 146 valence electrons. The van der Waals surface area contributed by atoms with Crippen molar-refractivity contribution in [1.82, 2.24) is 8.96 Å². The summed E-state index contributed by atoms with van der Waals surface area (Å²) in [5.41, 5.74) is 5.78. The molecule has 7 rings (SSSR count). The molecule has 0 atom stereocenters. The van der Waals surface area contributed by atoms with Crippen LogP contribution in [0.15, 0.2) is 109 Å². The van der Waals surface area contributed by atoms with Crippen LogP contribution >= 0.6 is 0 Å². The summed E-state index contributed by atoms with van der Waals surface area (Å²) in [6, 6.07) is 33.9. The minimum Gasteiger partial charge on any atom is -0.442 e. The highest BCUT2D eigenvalue weighted by Crippen LogP contribution is 2.44. The Bertz CT molecular complexity index is 1420. The molecule has 0 unspecified atom stereocenters. The van der Waals surface area contributed by atoms with Gasteiger partial charge in [0, 0.05) is 11.2 Å². The van der Waals surface area contributed by atoms with Gasteiger partial charge in [-0.3, -0.25) is 4.90 Å². The molecule has 5 heteroatoms. The van der Waals surface area contributed by atoms with E-state index in [-0.39, 0.29) is 6.98 Å². The number of para-hydroxylation sites is 1. The Morgan fingerprint density at radius 1 is 0.645 bits per heavy atom. The van der Waals surface area contributed by atoms with Gasteiger partial charge in [-0.15, -0.1) is 0 Å². The van der Waals surface area contributed by atoms with Gasteiger partial charge in [0.15, 0.2) is 5.88 Å². The Balaban J connectivity index is 1.56. The van der Waals surface area contributed by atoms with Crippen LogP contribution in [0.5, 0.6) is 11.6 Å². The van der Waals surface area contributed by atoms with Crippen molar-refractivity contribution >= 4 is 29.6 Å². The van der Waals surface area contributed by atoms with Crippen molar-refractivity contribution in [2.75, 3.05) is 4.90 Å². The summed E-state index contributed by atoms with van der Waals surface area (Å²) in [4.78, 5) is 2.33. The van der Waals surface area contributed by atoms with Crippen molar-refractivity contribution in [3.05, 3.63) is 109 Å². The van der Waals surface area contributed by atoms with E-state index in [1.54, 1.807) is 0 Å². The molecule has 0 saturated carbocycles. The predicted molar refractivity (Wildman–Crippen MR) is 125 cm³/mol. The van der Waals surface area contributed by atoms with Gasteiger partial charge >= 0.3 is 6.98 Å². The average molecular weight is 399 g/mol. The van der Waals surface area contributed by atoms with Crippen LogP contribution in [0.1, 0.15) is 0 Å². The molecule has 0 N–H and O–H groups in total. The van der Waals surface area contributed by atoms with E-state index < -0.39 is 0 Å². The molecule has 2 aliphatic heterocycles. The lowest BCUT2D eigenvalue weighted by Crippen LogP contribution is -2.52. The number of aromatic nitrogens is 2. The molecule has 0 bridgehead atoms. The van der Waals surface area contributed by atoms with Crippen LogP contribution in [0.3, 0.4) is 0 Å². The zero-order chi connectivity index (χ0) is 20.4. The number of rotatable bonds is 2. The molecule has 0 aliphatic carbocycles. The maximum absolute atomic E-state index is 6.43. The Morgan fingerprint density at radius 3 is 2.23 bits per heavy atom. The van der Waals surface area contributed by atoms with Crippen LogP contribution in [-0.2, 0) is 0 Å². The quantitative estimate of drug-likeness (QED) is 0.351. The molecule has 4 heterocycles. The lowest BCUT2D eigenvalue weighted by Gasteiger charge is -2.39. The van der Waals surface area contributed by atoms with Gasteiger partial charge in [0.2, 0.25) is 0 Å². The van der Waals surface area contributed by atoms with Crippen LogP contribution in [0.4, 0.5) is 17.2 Å². The molecule has 3 aromatic carbocycles. The van der Waals surface area contributed by atoms with Gasteiger partial charge in [-0.2, -0.15) is 0 Å². The van der Waals surface area contributed by atoms with E-state index in [9.17, 15) is 0 Å². The summed E-state index contributed by atoms with van der Waals surface area (Å²) >= 11 is 0. The normalized spacial score (nSPS) is 13.3. The zero-order valence-corrected chi connectivity index (χ0v) is 16.7. The van der Waals surface area contributed by atoms with Crippen molar-refractivity contribution in [1.29, 1.82) is 0 Å². The minimum absolute atomic E-state index is 0.0264. The second-order valence-electron chi connectivity index (χ2n) is 7.95. The summed E-state index contributed by atoms with van der Waals surface area (Å²) in [5.74, 6) is 2.91. The van der Waals surface area contributed by atoms with E-state index in [1.165, 1.54) is 11.0 Å². The summed E-state index contributed by atoms with van der Waals surface area (Å²) in [5, 5.41) is 0.